The first-order valence-electron chi connectivity index (χ1n) is 7.13. The van der Waals surface area contributed by atoms with E-state index in [1.165, 1.54) is 6.42 Å². The van der Waals surface area contributed by atoms with Gasteiger partial charge in [0.2, 0.25) is 0 Å². The number of carbonyl (C=O) groups is 1. The topological polar surface area (TPSA) is 26.3 Å². The van der Waals surface area contributed by atoms with Gasteiger partial charge in [0.15, 0.2) is 0 Å². The number of rotatable bonds is 10. The van der Waals surface area contributed by atoms with E-state index >= 15 is 0 Å². The van der Waals surface area contributed by atoms with Crippen LogP contribution in [0.25, 0.3) is 0 Å². The minimum Gasteiger partial charge on any atom is -0.459 e. The average Bonchev–Trinajstić information content (AvgIpc) is 2.33. The van der Waals surface area contributed by atoms with E-state index in [1.54, 1.807) is 6.92 Å². The molecule has 0 aliphatic rings. The van der Waals surface area contributed by atoms with E-state index in [1.807, 2.05) is 0 Å². The fourth-order valence-corrected chi connectivity index (χ4v) is 1.75. The molecule has 0 fully saturated rings. The number of carbonyl (C=O) groups excluding carboxylic acids is 1. The maximum absolute atomic E-state index is 11.5. The molecule has 0 spiro atoms. The van der Waals surface area contributed by atoms with Gasteiger partial charge in [0.05, 0.1) is 0 Å². The summed E-state index contributed by atoms with van der Waals surface area (Å²) in [6, 6.07) is 0. The molecule has 0 saturated carbocycles. The van der Waals surface area contributed by atoms with Gasteiger partial charge in [0.25, 0.3) is 0 Å². The van der Waals surface area contributed by atoms with E-state index in [4.69, 9.17) is 4.74 Å². The number of esters is 1. The van der Waals surface area contributed by atoms with Crippen molar-refractivity contribution in [2.45, 2.75) is 71.8 Å². The highest BCUT2D eigenvalue weighted by molar-refractivity contribution is 5.87. The van der Waals surface area contributed by atoms with Crippen LogP contribution in [0.5, 0.6) is 0 Å². The highest BCUT2D eigenvalue weighted by Gasteiger charge is 2.13. The first kappa shape index (κ1) is 16.9. The van der Waals surface area contributed by atoms with Gasteiger partial charge in [-0.1, -0.05) is 39.0 Å². The van der Waals surface area contributed by atoms with Crippen molar-refractivity contribution < 1.29 is 9.53 Å². The lowest BCUT2D eigenvalue weighted by molar-refractivity contribution is -0.144. The first-order chi connectivity index (χ1) is 8.61. The number of allylic oxidation sites excluding steroid dienone is 2. The van der Waals surface area contributed by atoms with Crippen molar-refractivity contribution in [1.29, 1.82) is 0 Å². The molecule has 0 aromatic carbocycles. The van der Waals surface area contributed by atoms with Crippen LogP contribution in [0.1, 0.15) is 65.7 Å². The van der Waals surface area contributed by atoms with E-state index in [-0.39, 0.29) is 12.1 Å². The Morgan fingerprint density at radius 1 is 1.22 bits per heavy atom. The molecule has 0 radical (unpaired) electrons. The lowest BCUT2D eigenvalue weighted by Crippen LogP contribution is -2.18. The largest absolute Gasteiger partial charge is 0.459 e. The van der Waals surface area contributed by atoms with Crippen LogP contribution in [0.15, 0.2) is 24.3 Å². The number of hydrogen-bond acceptors (Lipinski definition) is 2. The number of unbranched alkanes of at least 4 members (excludes halogenated alkanes) is 2. The van der Waals surface area contributed by atoms with Crippen molar-refractivity contribution in [2.75, 3.05) is 0 Å². The summed E-state index contributed by atoms with van der Waals surface area (Å²) in [6.07, 6.45) is 12.0. The molecule has 0 aliphatic carbocycles. The van der Waals surface area contributed by atoms with Gasteiger partial charge < -0.3 is 4.74 Å². The molecule has 0 bridgehead atoms. The molecule has 18 heavy (non-hydrogen) atoms. The summed E-state index contributed by atoms with van der Waals surface area (Å²) in [7, 11) is 0. The highest BCUT2D eigenvalue weighted by Crippen LogP contribution is 2.14. The minimum atomic E-state index is -0.251. The van der Waals surface area contributed by atoms with Gasteiger partial charge in [-0.2, -0.15) is 0 Å². The van der Waals surface area contributed by atoms with Gasteiger partial charge in [-0.15, -0.1) is 0 Å². The van der Waals surface area contributed by atoms with Crippen molar-refractivity contribution in [2.24, 2.45) is 0 Å². The van der Waals surface area contributed by atoms with Crippen LogP contribution in [-0.2, 0) is 9.53 Å². The van der Waals surface area contributed by atoms with E-state index in [2.05, 4.69) is 32.6 Å². The van der Waals surface area contributed by atoms with Crippen LogP contribution in [-0.4, -0.2) is 12.1 Å². The van der Waals surface area contributed by atoms with Gasteiger partial charge in [-0.3, -0.25) is 0 Å². The Bertz CT molecular complexity index is 266. The van der Waals surface area contributed by atoms with Gasteiger partial charge in [0.1, 0.15) is 6.10 Å². The maximum Gasteiger partial charge on any atom is 0.333 e. The van der Waals surface area contributed by atoms with E-state index in [0.29, 0.717) is 5.57 Å². The Hall–Kier alpha value is -1.05. The van der Waals surface area contributed by atoms with Crippen molar-refractivity contribution in [3.8, 4) is 0 Å². The zero-order valence-electron chi connectivity index (χ0n) is 12.2. The van der Waals surface area contributed by atoms with Crippen molar-refractivity contribution >= 4 is 5.97 Å². The molecule has 0 N–H and O–H groups in total. The van der Waals surface area contributed by atoms with E-state index < -0.39 is 0 Å². The third-order valence-corrected chi connectivity index (χ3v) is 2.78. The fourth-order valence-electron chi connectivity index (χ4n) is 1.75. The van der Waals surface area contributed by atoms with Crippen LogP contribution in [0.3, 0.4) is 0 Å². The van der Waals surface area contributed by atoms with Gasteiger partial charge in [-0.25, -0.2) is 4.79 Å². The third kappa shape index (κ3) is 9.03. The number of ether oxygens (including phenoxy) is 1. The van der Waals surface area contributed by atoms with Gasteiger partial charge in [0, 0.05) is 5.57 Å². The predicted molar refractivity (Wildman–Crippen MR) is 77.5 cm³/mol. The lowest BCUT2D eigenvalue weighted by Gasteiger charge is -2.17. The molecular weight excluding hydrogens is 224 g/mol. The Labute approximate surface area is 112 Å². The van der Waals surface area contributed by atoms with Crippen molar-refractivity contribution in [3.05, 3.63) is 24.3 Å². The van der Waals surface area contributed by atoms with Gasteiger partial charge in [-0.05, 0) is 45.4 Å². The zero-order chi connectivity index (χ0) is 13.8. The average molecular weight is 252 g/mol. The molecule has 0 rings (SSSR count). The molecular formula is C16H28O2. The molecule has 0 heterocycles. The Morgan fingerprint density at radius 3 is 2.50 bits per heavy atom. The smallest absolute Gasteiger partial charge is 0.333 e. The highest BCUT2D eigenvalue weighted by atomic mass is 16.5. The van der Waals surface area contributed by atoms with Crippen LogP contribution < -0.4 is 0 Å². The summed E-state index contributed by atoms with van der Waals surface area (Å²) < 4.78 is 5.42. The molecule has 0 saturated heterocycles. The second-order valence-electron chi connectivity index (χ2n) is 4.76. The van der Waals surface area contributed by atoms with Crippen LogP contribution in [0, 0.1) is 0 Å². The minimum absolute atomic E-state index is 0.0642. The zero-order valence-corrected chi connectivity index (χ0v) is 12.2. The molecule has 0 aliphatic heterocycles. The summed E-state index contributed by atoms with van der Waals surface area (Å²) in [6.45, 7) is 9.57. The van der Waals surface area contributed by atoms with Crippen molar-refractivity contribution in [3.63, 3.8) is 0 Å². The summed E-state index contributed by atoms with van der Waals surface area (Å²) in [5, 5.41) is 0. The predicted octanol–water partition coefficient (Wildman–Crippen LogP) is 4.80. The second-order valence-corrected chi connectivity index (χ2v) is 4.76. The van der Waals surface area contributed by atoms with Crippen LogP contribution >= 0.6 is 0 Å². The Kier molecular flexibility index (Phi) is 10.4. The third-order valence-electron chi connectivity index (χ3n) is 2.78. The fraction of sp³-hybridized carbons (Fsp3) is 0.688. The van der Waals surface area contributed by atoms with E-state index in [0.717, 1.165) is 38.5 Å². The first-order valence-corrected chi connectivity index (χ1v) is 7.13. The van der Waals surface area contributed by atoms with Crippen molar-refractivity contribution in [1.82, 2.24) is 0 Å². The number of hydrogen-bond donors (Lipinski definition) is 0. The molecule has 104 valence electrons. The molecule has 0 aromatic rings. The molecule has 1 atom stereocenters. The normalized spacial score (nSPS) is 12.6. The summed E-state index contributed by atoms with van der Waals surface area (Å²) in [5.41, 5.74) is 0.488. The van der Waals surface area contributed by atoms with Gasteiger partial charge >= 0.3 is 5.97 Å². The van der Waals surface area contributed by atoms with Crippen LogP contribution in [0.4, 0.5) is 0 Å². The maximum atomic E-state index is 11.5. The van der Waals surface area contributed by atoms with Crippen LogP contribution in [0.2, 0.25) is 0 Å². The van der Waals surface area contributed by atoms with E-state index in [9.17, 15) is 4.79 Å². The summed E-state index contributed by atoms with van der Waals surface area (Å²) >= 11 is 0. The monoisotopic (exact) mass is 252 g/mol. The summed E-state index contributed by atoms with van der Waals surface area (Å²) in [4.78, 5) is 11.5. The quantitative estimate of drug-likeness (QED) is 0.241. The Balaban J connectivity index is 3.86. The lowest BCUT2D eigenvalue weighted by atomic mass is 10.1. The SMILES string of the molecule is C=C(C)C(=O)OC(CCC)CCCC/C=C/CC. The molecule has 0 amide bonds. The Morgan fingerprint density at radius 2 is 1.94 bits per heavy atom. The molecule has 2 nitrogen and oxygen atoms in total. The molecule has 2 heteroatoms. The standard InChI is InChI=1S/C16H28O2/c1-5-7-8-9-10-11-13-15(12-6-2)18-16(17)14(3)4/h7-8,15H,3,5-6,9-13H2,1-2,4H3/b8-7+. The second kappa shape index (κ2) is 11.1. The summed E-state index contributed by atoms with van der Waals surface area (Å²) in [5.74, 6) is -0.251. The molecule has 0 aromatic heterocycles. The molecule has 1 unspecified atom stereocenters.